The summed E-state index contributed by atoms with van der Waals surface area (Å²) in [6.07, 6.45) is 0. The first kappa shape index (κ1) is 24.0. The van der Waals surface area contributed by atoms with E-state index >= 15 is 0 Å². The van der Waals surface area contributed by atoms with Crippen LogP contribution in [-0.4, -0.2) is 15.4 Å². The van der Waals surface area contributed by atoms with Gasteiger partial charge in [0.15, 0.2) is 11.6 Å². The average molecular weight is 481 g/mol. The molecule has 0 atom stereocenters. The van der Waals surface area contributed by atoms with Crippen molar-refractivity contribution in [3.05, 3.63) is 111 Å². The van der Waals surface area contributed by atoms with Crippen LogP contribution in [0.5, 0.6) is 0 Å². The summed E-state index contributed by atoms with van der Waals surface area (Å²) in [5, 5.41) is 14.3. The van der Waals surface area contributed by atoms with Gasteiger partial charge in [-0.25, -0.2) is 8.78 Å². The molecular weight excluding hydrogens is 459 g/mol. The van der Waals surface area contributed by atoms with Gasteiger partial charge in [0.25, 0.3) is 5.91 Å². The number of aromatic nitrogens is 1. The third-order valence-electron chi connectivity index (χ3n) is 5.76. The van der Waals surface area contributed by atoms with Gasteiger partial charge in [-0.05, 0) is 35.2 Å². The van der Waals surface area contributed by atoms with Crippen molar-refractivity contribution in [1.29, 1.82) is 0 Å². The van der Waals surface area contributed by atoms with Crippen molar-refractivity contribution in [3.8, 4) is 0 Å². The molecule has 1 N–H and O–H groups in total. The first-order valence-corrected chi connectivity index (χ1v) is 10.9. The van der Waals surface area contributed by atoms with Crippen LogP contribution >= 0.6 is 0 Å². The molecule has 0 bridgehead atoms. The van der Waals surface area contributed by atoms with Crippen LogP contribution in [0.1, 0.15) is 46.9 Å². The highest BCUT2D eigenvalue weighted by Gasteiger charge is 2.28. The fraction of sp³-hybridized carbons (Fsp3) is 0.192. The van der Waals surface area contributed by atoms with Crippen molar-refractivity contribution in [2.24, 2.45) is 0 Å². The van der Waals surface area contributed by atoms with E-state index in [0.29, 0.717) is 23.3 Å². The molecule has 0 fully saturated rings. The second-order valence-corrected chi connectivity index (χ2v) is 8.50. The molecule has 9 heteroatoms. The number of fused-ring (bicyclic) bond motifs is 1. The third-order valence-corrected chi connectivity index (χ3v) is 5.76. The summed E-state index contributed by atoms with van der Waals surface area (Å²) in [5.41, 5.74) is 1.66. The SMILES string of the molecule is CC(C)c1c(C(=O)NCc2ccc(F)c(F)c2)c2cc(F)c([N+](=O)[O-])cc2n1Cc1ccccc1. The summed E-state index contributed by atoms with van der Waals surface area (Å²) in [6, 6.07) is 14.8. The predicted molar refractivity (Wildman–Crippen MR) is 126 cm³/mol. The smallest absolute Gasteiger partial charge is 0.306 e. The highest BCUT2D eigenvalue weighted by molar-refractivity contribution is 6.09. The molecule has 0 aliphatic rings. The Labute approximate surface area is 199 Å². The average Bonchev–Trinajstić information content (AvgIpc) is 3.12. The Morgan fingerprint density at radius 2 is 1.69 bits per heavy atom. The van der Waals surface area contributed by atoms with E-state index in [9.17, 15) is 28.1 Å². The van der Waals surface area contributed by atoms with E-state index < -0.39 is 34.0 Å². The van der Waals surface area contributed by atoms with Gasteiger partial charge in [0, 0.05) is 30.2 Å². The third kappa shape index (κ3) is 4.75. The van der Waals surface area contributed by atoms with Crippen molar-refractivity contribution in [3.63, 3.8) is 0 Å². The molecule has 1 aromatic heterocycles. The molecule has 0 saturated carbocycles. The van der Waals surface area contributed by atoms with Gasteiger partial charge in [-0.1, -0.05) is 50.2 Å². The van der Waals surface area contributed by atoms with Gasteiger partial charge in [-0.2, -0.15) is 4.39 Å². The van der Waals surface area contributed by atoms with E-state index in [1.54, 1.807) is 4.57 Å². The van der Waals surface area contributed by atoms with Crippen molar-refractivity contribution < 1.29 is 22.9 Å². The molecule has 35 heavy (non-hydrogen) atoms. The lowest BCUT2D eigenvalue weighted by Gasteiger charge is -2.15. The number of nitro benzene ring substituents is 1. The van der Waals surface area contributed by atoms with E-state index in [-0.39, 0.29) is 23.4 Å². The topological polar surface area (TPSA) is 77.2 Å². The number of hydrogen-bond acceptors (Lipinski definition) is 3. The number of nitrogens with zero attached hydrogens (tertiary/aromatic N) is 2. The minimum atomic E-state index is -1.05. The minimum absolute atomic E-state index is 0.0889. The number of benzene rings is 3. The van der Waals surface area contributed by atoms with Crippen LogP contribution in [-0.2, 0) is 13.1 Å². The van der Waals surface area contributed by atoms with Crippen molar-refractivity contribution in [2.75, 3.05) is 0 Å². The van der Waals surface area contributed by atoms with Crippen LogP contribution in [0.2, 0.25) is 0 Å². The van der Waals surface area contributed by atoms with E-state index in [0.717, 1.165) is 29.8 Å². The normalized spacial score (nSPS) is 11.3. The Morgan fingerprint density at radius 1 is 0.971 bits per heavy atom. The van der Waals surface area contributed by atoms with E-state index in [4.69, 9.17) is 0 Å². The first-order chi connectivity index (χ1) is 16.7. The van der Waals surface area contributed by atoms with Gasteiger partial charge in [-0.15, -0.1) is 0 Å². The lowest BCUT2D eigenvalue weighted by atomic mass is 10.0. The zero-order valence-corrected chi connectivity index (χ0v) is 19.0. The van der Waals surface area contributed by atoms with Crippen LogP contribution in [0.3, 0.4) is 0 Å². The maximum absolute atomic E-state index is 14.7. The van der Waals surface area contributed by atoms with Gasteiger partial charge < -0.3 is 9.88 Å². The molecule has 0 spiro atoms. The van der Waals surface area contributed by atoms with Gasteiger partial charge >= 0.3 is 5.69 Å². The maximum atomic E-state index is 14.7. The number of carbonyl (C=O) groups is 1. The first-order valence-electron chi connectivity index (χ1n) is 10.9. The maximum Gasteiger partial charge on any atom is 0.306 e. The Morgan fingerprint density at radius 3 is 2.31 bits per heavy atom. The molecule has 3 aromatic carbocycles. The minimum Gasteiger partial charge on any atom is -0.348 e. The molecule has 0 radical (unpaired) electrons. The fourth-order valence-corrected chi connectivity index (χ4v) is 4.21. The number of nitro groups is 1. The highest BCUT2D eigenvalue weighted by Crippen LogP contribution is 2.35. The van der Waals surface area contributed by atoms with Crippen LogP contribution in [0.15, 0.2) is 60.7 Å². The molecule has 0 unspecified atom stereocenters. The lowest BCUT2D eigenvalue weighted by Crippen LogP contribution is -2.24. The van der Waals surface area contributed by atoms with Gasteiger partial charge in [0.2, 0.25) is 5.82 Å². The zero-order valence-electron chi connectivity index (χ0n) is 19.0. The summed E-state index contributed by atoms with van der Waals surface area (Å²) >= 11 is 0. The largest absolute Gasteiger partial charge is 0.348 e. The predicted octanol–water partition coefficient (Wildman–Crippen LogP) is 6.07. The monoisotopic (exact) mass is 481 g/mol. The number of halogens is 3. The highest BCUT2D eigenvalue weighted by atomic mass is 19.2. The van der Waals surface area contributed by atoms with Crippen molar-refractivity contribution in [2.45, 2.75) is 32.9 Å². The number of amides is 1. The van der Waals surface area contributed by atoms with Crippen molar-refractivity contribution >= 4 is 22.5 Å². The van der Waals surface area contributed by atoms with Crippen molar-refractivity contribution in [1.82, 2.24) is 9.88 Å². The van der Waals surface area contributed by atoms with Gasteiger partial charge in [0.05, 0.1) is 16.0 Å². The van der Waals surface area contributed by atoms with E-state index in [1.165, 1.54) is 6.07 Å². The molecule has 6 nitrogen and oxygen atoms in total. The second-order valence-electron chi connectivity index (χ2n) is 8.50. The van der Waals surface area contributed by atoms with Crippen LogP contribution in [0.4, 0.5) is 18.9 Å². The molecule has 1 amide bonds. The molecule has 0 saturated heterocycles. The van der Waals surface area contributed by atoms with E-state index in [1.807, 2.05) is 44.2 Å². The van der Waals surface area contributed by atoms with Crippen LogP contribution < -0.4 is 5.32 Å². The number of nitrogens with one attached hydrogen (secondary N) is 1. The second kappa shape index (κ2) is 9.61. The number of rotatable bonds is 7. The molecule has 180 valence electrons. The zero-order chi connectivity index (χ0) is 25.3. The van der Waals surface area contributed by atoms with Gasteiger partial charge in [0.1, 0.15) is 0 Å². The summed E-state index contributed by atoms with van der Waals surface area (Å²) in [5.74, 6) is -3.83. The van der Waals surface area contributed by atoms with Gasteiger partial charge in [-0.3, -0.25) is 14.9 Å². The summed E-state index contributed by atoms with van der Waals surface area (Å²) in [7, 11) is 0. The number of hydrogen-bond donors (Lipinski definition) is 1. The summed E-state index contributed by atoms with van der Waals surface area (Å²) in [6.45, 7) is 3.96. The molecule has 1 heterocycles. The molecule has 0 aliphatic carbocycles. The lowest BCUT2D eigenvalue weighted by molar-refractivity contribution is -0.387. The molecule has 4 rings (SSSR count). The summed E-state index contributed by atoms with van der Waals surface area (Å²) in [4.78, 5) is 24.0. The Bertz CT molecular complexity index is 1430. The Hall–Kier alpha value is -4.14. The van der Waals surface area contributed by atoms with Crippen LogP contribution in [0.25, 0.3) is 10.9 Å². The number of carbonyl (C=O) groups excluding carboxylic acids is 1. The standard InChI is InChI=1S/C26H22F3N3O3/c1-15(2)25-24(26(33)30-13-17-8-9-19(27)20(28)10-17)18-11-21(29)23(32(34)35)12-22(18)31(25)14-16-6-4-3-5-7-16/h3-12,15H,13-14H2,1-2H3,(H,30,33). The fourth-order valence-electron chi connectivity index (χ4n) is 4.21. The Balaban J connectivity index is 1.85. The summed E-state index contributed by atoms with van der Waals surface area (Å²) < 4.78 is 43.3. The molecule has 0 aliphatic heterocycles. The van der Waals surface area contributed by atoms with Crippen LogP contribution in [0, 0.1) is 27.6 Å². The molecular formula is C26H22F3N3O3. The van der Waals surface area contributed by atoms with E-state index in [2.05, 4.69) is 5.32 Å². The Kier molecular flexibility index (Phi) is 6.59. The quantitative estimate of drug-likeness (QED) is 0.257. The molecule has 4 aromatic rings.